The van der Waals surface area contributed by atoms with Crippen LogP contribution in [0.4, 0.5) is 24.5 Å². The molecular formula is C14H12F3N3S. The number of halogens is 3. The Labute approximate surface area is 125 Å². The van der Waals surface area contributed by atoms with E-state index in [0.29, 0.717) is 11.4 Å². The first kappa shape index (κ1) is 15.2. The number of alkyl halides is 3. The van der Waals surface area contributed by atoms with E-state index < -0.39 is 11.7 Å². The van der Waals surface area contributed by atoms with Crippen LogP contribution in [0.2, 0.25) is 0 Å². The van der Waals surface area contributed by atoms with Gasteiger partial charge in [-0.1, -0.05) is 12.2 Å². The van der Waals surface area contributed by atoms with Crippen molar-refractivity contribution >= 4 is 28.6 Å². The molecule has 0 aliphatic rings. The van der Waals surface area contributed by atoms with Gasteiger partial charge >= 0.3 is 6.18 Å². The van der Waals surface area contributed by atoms with Gasteiger partial charge < -0.3 is 10.6 Å². The Balaban J connectivity index is 2.50. The molecule has 0 amide bonds. The minimum absolute atomic E-state index is 0.180. The molecule has 110 valence electrons. The van der Waals surface area contributed by atoms with E-state index in [2.05, 4.69) is 17.2 Å². The second kappa shape index (κ2) is 5.69. The minimum Gasteiger partial charge on any atom is -0.389 e. The maximum absolute atomic E-state index is 13.1. The highest BCUT2D eigenvalue weighted by Crippen LogP contribution is 2.35. The maximum Gasteiger partial charge on any atom is 0.417 e. The molecule has 7 heteroatoms. The van der Waals surface area contributed by atoms with E-state index in [9.17, 15) is 13.2 Å². The summed E-state index contributed by atoms with van der Waals surface area (Å²) in [7, 11) is 1.66. The normalized spacial score (nSPS) is 11.2. The number of nitrogens with zero attached hydrogens (tertiary/aromatic N) is 2. The molecule has 0 bridgehead atoms. The lowest BCUT2D eigenvalue weighted by Crippen LogP contribution is -2.19. The van der Waals surface area contributed by atoms with Crippen LogP contribution in [0.1, 0.15) is 11.1 Å². The largest absolute Gasteiger partial charge is 0.417 e. The van der Waals surface area contributed by atoms with E-state index in [1.54, 1.807) is 36.5 Å². The molecule has 2 aromatic rings. The van der Waals surface area contributed by atoms with Crippen LogP contribution in [0, 0.1) is 0 Å². The number of nitrogens with two attached hydrogens (primary N) is 1. The highest BCUT2D eigenvalue weighted by molar-refractivity contribution is 7.80. The predicted molar refractivity (Wildman–Crippen MR) is 79.6 cm³/mol. The van der Waals surface area contributed by atoms with Gasteiger partial charge in [0.2, 0.25) is 0 Å². The van der Waals surface area contributed by atoms with Crippen LogP contribution in [0.25, 0.3) is 0 Å². The van der Waals surface area contributed by atoms with Gasteiger partial charge in [0.05, 0.1) is 17.4 Å². The van der Waals surface area contributed by atoms with Crippen molar-refractivity contribution in [3.8, 4) is 0 Å². The Hall–Kier alpha value is -2.15. The second-order valence-corrected chi connectivity index (χ2v) is 4.80. The molecule has 0 fully saturated rings. The van der Waals surface area contributed by atoms with Crippen LogP contribution in [0.15, 0.2) is 42.7 Å². The van der Waals surface area contributed by atoms with Gasteiger partial charge in [-0.3, -0.25) is 4.98 Å². The average Bonchev–Trinajstić information content (AvgIpc) is 2.45. The molecule has 1 aromatic heterocycles. The second-order valence-electron chi connectivity index (χ2n) is 4.36. The summed E-state index contributed by atoms with van der Waals surface area (Å²) in [5.41, 5.74) is 5.38. The molecule has 0 saturated heterocycles. The zero-order valence-corrected chi connectivity index (χ0v) is 11.9. The third kappa shape index (κ3) is 3.30. The fraction of sp³-hybridized carbons (Fsp3) is 0.143. The summed E-state index contributed by atoms with van der Waals surface area (Å²) in [5, 5.41) is 0. The Morgan fingerprint density at radius 3 is 2.48 bits per heavy atom. The van der Waals surface area contributed by atoms with Crippen LogP contribution < -0.4 is 10.6 Å². The number of anilines is 2. The molecule has 0 unspecified atom stereocenters. The molecule has 1 heterocycles. The van der Waals surface area contributed by atoms with Gasteiger partial charge in [-0.05, 0) is 30.3 Å². The van der Waals surface area contributed by atoms with E-state index in [-0.39, 0.29) is 10.6 Å². The first-order valence-electron chi connectivity index (χ1n) is 5.95. The molecule has 21 heavy (non-hydrogen) atoms. The molecule has 3 nitrogen and oxygen atoms in total. The number of benzene rings is 1. The van der Waals surface area contributed by atoms with Gasteiger partial charge in [-0.15, -0.1) is 0 Å². The van der Waals surface area contributed by atoms with Crippen molar-refractivity contribution in [3.05, 3.63) is 53.9 Å². The van der Waals surface area contributed by atoms with Crippen molar-refractivity contribution in [3.63, 3.8) is 0 Å². The first-order chi connectivity index (χ1) is 9.80. The molecule has 0 aliphatic heterocycles. The monoisotopic (exact) mass is 311 g/mol. The summed E-state index contributed by atoms with van der Waals surface area (Å²) in [6.07, 6.45) is -1.37. The Morgan fingerprint density at radius 2 is 1.95 bits per heavy atom. The van der Waals surface area contributed by atoms with Gasteiger partial charge in [0.15, 0.2) is 0 Å². The van der Waals surface area contributed by atoms with E-state index >= 15 is 0 Å². The van der Waals surface area contributed by atoms with Crippen molar-refractivity contribution in [1.29, 1.82) is 0 Å². The number of thiocarbonyl (C=S) groups is 1. The lowest BCUT2D eigenvalue weighted by Gasteiger charge is -2.21. The summed E-state index contributed by atoms with van der Waals surface area (Å²) in [4.78, 5) is 5.27. The summed E-state index contributed by atoms with van der Waals surface area (Å²) < 4.78 is 39.3. The van der Waals surface area contributed by atoms with Crippen molar-refractivity contribution in [2.24, 2.45) is 5.73 Å². The van der Waals surface area contributed by atoms with Crippen LogP contribution in [0.3, 0.4) is 0 Å². The molecule has 2 N–H and O–H groups in total. The first-order valence-corrected chi connectivity index (χ1v) is 6.36. The summed E-state index contributed by atoms with van der Waals surface area (Å²) in [5.74, 6) is 0. The van der Waals surface area contributed by atoms with Crippen LogP contribution >= 0.6 is 12.2 Å². The van der Waals surface area contributed by atoms with E-state index in [4.69, 9.17) is 5.73 Å². The van der Waals surface area contributed by atoms with Crippen LogP contribution in [-0.4, -0.2) is 17.0 Å². The Morgan fingerprint density at radius 1 is 1.24 bits per heavy atom. The molecule has 0 saturated carbocycles. The zero-order valence-electron chi connectivity index (χ0n) is 11.1. The fourth-order valence-corrected chi connectivity index (χ4v) is 2.07. The molecule has 0 spiro atoms. The molecular weight excluding hydrogens is 299 g/mol. The Bertz CT molecular complexity index is 656. The topological polar surface area (TPSA) is 42.2 Å². The zero-order chi connectivity index (χ0) is 15.6. The van der Waals surface area contributed by atoms with Crippen LogP contribution in [-0.2, 0) is 6.18 Å². The molecule has 0 atom stereocenters. The third-order valence-corrected chi connectivity index (χ3v) is 3.21. The smallest absolute Gasteiger partial charge is 0.389 e. The van der Waals surface area contributed by atoms with Gasteiger partial charge in [0.25, 0.3) is 0 Å². The molecule has 2 rings (SSSR count). The number of rotatable bonds is 3. The van der Waals surface area contributed by atoms with E-state index in [1.165, 1.54) is 12.1 Å². The van der Waals surface area contributed by atoms with Crippen LogP contribution in [0.5, 0.6) is 0 Å². The number of hydrogen-bond donors (Lipinski definition) is 1. The van der Waals surface area contributed by atoms with Gasteiger partial charge in [0, 0.05) is 24.5 Å². The predicted octanol–water partition coefficient (Wildman–Crippen LogP) is 3.50. The van der Waals surface area contributed by atoms with Crippen molar-refractivity contribution in [2.45, 2.75) is 6.18 Å². The van der Waals surface area contributed by atoms with E-state index in [0.717, 1.165) is 6.07 Å². The lowest BCUT2D eigenvalue weighted by molar-refractivity contribution is -0.137. The standard InChI is InChI=1S/C14H12F3N3S/c1-20(10-3-2-6-19-8-10)9-4-5-11(13(18)21)12(7-9)14(15,16)17/h2-8H,1H3,(H2,18,21). The molecule has 0 aliphatic carbocycles. The van der Waals surface area contributed by atoms with Crippen molar-refractivity contribution < 1.29 is 13.2 Å². The maximum atomic E-state index is 13.1. The van der Waals surface area contributed by atoms with Gasteiger partial charge in [-0.25, -0.2) is 0 Å². The number of pyridine rings is 1. The fourth-order valence-electron chi connectivity index (χ4n) is 1.89. The number of hydrogen-bond acceptors (Lipinski definition) is 3. The summed E-state index contributed by atoms with van der Waals surface area (Å²) in [6, 6.07) is 7.31. The average molecular weight is 311 g/mol. The quantitative estimate of drug-likeness (QED) is 0.881. The minimum atomic E-state index is -4.52. The van der Waals surface area contributed by atoms with Gasteiger partial charge in [0.1, 0.15) is 4.99 Å². The van der Waals surface area contributed by atoms with Crippen molar-refractivity contribution in [2.75, 3.05) is 11.9 Å². The SMILES string of the molecule is CN(c1cccnc1)c1ccc(C(N)=S)c(C(F)(F)F)c1. The summed E-state index contributed by atoms with van der Waals surface area (Å²) >= 11 is 4.68. The summed E-state index contributed by atoms with van der Waals surface area (Å²) in [6.45, 7) is 0. The highest BCUT2D eigenvalue weighted by atomic mass is 32.1. The third-order valence-electron chi connectivity index (χ3n) is 2.99. The lowest BCUT2D eigenvalue weighted by atomic mass is 10.1. The highest BCUT2D eigenvalue weighted by Gasteiger charge is 2.34. The van der Waals surface area contributed by atoms with E-state index in [1.807, 2.05) is 0 Å². The molecule has 1 aromatic carbocycles. The molecule has 0 radical (unpaired) electrons. The van der Waals surface area contributed by atoms with Gasteiger partial charge in [-0.2, -0.15) is 13.2 Å². The Kier molecular flexibility index (Phi) is 4.13. The van der Waals surface area contributed by atoms with Crippen molar-refractivity contribution in [1.82, 2.24) is 4.98 Å². The number of aromatic nitrogens is 1.